The van der Waals surface area contributed by atoms with Crippen molar-refractivity contribution >= 4 is 27.3 Å². The monoisotopic (exact) mass is 195 g/mol. The molecule has 4 heteroatoms. The summed E-state index contributed by atoms with van der Waals surface area (Å²) in [5, 5.41) is 0.253. The molecule has 0 atom stereocenters. The summed E-state index contributed by atoms with van der Waals surface area (Å²) >= 11 is 1.23. The van der Waals surface area contributed by atoms with Gasteiger partial charge < -0.3 is 0 Å². The maximum absolute atomic E-state index is 12.0. The molecule has 1 aromatic heterocycles. The van der Waals surface area contributed by atoms with Gasteiger partial charge in [-0.05, 0) is 12.1 Å². The molecule has 0 saturated carbocycles. The van der Waals surface area contributed by atoms with Crippen LogP contribution in [-0.4, -0.2) is 17.4 Å². The third-order valence-electron chi connectivity index (χ3n) is 1.65. The van der Waals surface area contributed by atoms with E-state index >= 15 is 0 Å². The summed E-state index contributed by atoms with van der Waals surface area (Å²) in [6.07, 6.45) is 0. The maximum atomic E-state index is 12.0. The summed E-state index contributed by atoms with van der Waals surface area (Å²) in [4.78, 5) is 15.0. The lowest BCUT2D eigenvalue weighted by molar-refractivity contribution is 0.0958. The number of para-hydroxylation sites is 1. The van der Waals surface area contributed by atoms with E-state index in [2.05, 4.69) is 4.98 Å². The minimum atomic E-state index is -0.972. The van der Waals surface area contributed by atoms with Gasteiger partial charge in [0, 0.05) is 0 Å². The number of hydrogen-bond acceptors (Lipinski definition) is 3. The number of Topliss-reactive ketones (excluding diaryl/α,β-unsaturated/α-hetero) is 1. The highest BCUT2D eigenvalue weighted by molar-refractivity contribution is 7.20. The standard InChI is InChI=1S/C9H6FNOS/c10-5-7(12)9-11-6-3-1-2-4-8(6)13-9/h1-4H,5H2. The average molecular weight is 195 g/mol. The van der Waals surface area contributed by atoms with Crippen LogP contribution in [0.1, 0.15) is 9.80 Å². The Morgan fingerprint density at radius 1 is 1.46 bits per heavy atom. The molecule has 2 aromatic rings. The zero-order chi connectivity index (χ0) is 9.26. The first-order valence-corrected chi connectivity index (χ1v) is 4.57. The number of rotatable bonds is 2. The molecule has 0 fully saturated rings. The number of halogens is 1. The quantitative estimate of drug-likeness (QED) is 0.689. The van der Waals surface area contributed by atoms with Gasteiger partial charge in [0.25, 0.3) is 0 Å². The van der Waals surface area contributed by atoms with E-state index in [1.807, 2.05) is 18.2 Å². The van der Waals surface area contributed by atoms with Crippen LogP contribution in [0.2, 0.25) is 0 Å². The number of aromatic nitrogens is 1. The van der Waals surface area contributed by atoms with E-state index < -0.39 is 12.5 Å². The summed E-state index contributed by atoms with van der Waals surface area (Å²) < 4.78 is 12.9. The molecular weight excluding hydrogens is 189 g/mol. The van der Waals surface area contributed by atoms with E-state index in [-0.39, 0.29) is 5.01 Å². The van der Waals surface area contributed by atoms with Gasteiger partial charge in [-0.3, -0.25) is 4.79 Å². The second-order valence-electron chi connectivity index (χ2n) is 2.54. The molecule has 66 valence electrons. The molecule has 13 heavy (non-hydrogen) atoms. The van der Waals surface area contributed by atoms with E-state index in [1.165, 1.54) is 11.3 Å². The molecule has 2 nitrogen and oxygen atoms in total. The molecular formula is C9H6FNOS. The van der Waals surface area contributed by atoms with Gasteiger partial charge in [-0.25, -0.2) is 9.37 Å². The van der Waals surface area contributed by atoms with Crippen molar-refractivity contribution in [1.29, 1.82) is 0 Å². The largest absolute Gasteiger partial charge is 0.289 e. The van der Waals surface area contributed by atoms with Crippen LogP contribution in [0.3, 0.4) is 0 Å². The van der Waals surface area contributed by atoms with Crippen LogP contribution in [0.15, 0.2) is 24.3 Å². The van der Waals surface area contributed by atoms with Gasteiger partial charge in [0.1, 0.15) is 0 Å². The molecule has 2 rings (SSSR count). The van der Waals surface area contributed by atoms with E-state index in [0.29, 0.717) is 0 Å². The summed E-state index contributed by atoms with van der Waals surface area (Å²) in [5.41, 5.74) is 0.754. The Morgan fingerprint density at radius 2 is 2.23 bits per heavy atom. The molecule has 1 heterocycles. The summed E-state index contributed by atoms with van der Waals surface area (Å²) in [7, 11) is 0. The fourth-order valence-corrected chi connectivity index (χ4v) is 1.93. The topological polar surface area (TPSA) is 30.0 Å². The zero-order valence-electron chi connectivity index (χ0n) is 6.66. The minimum Gasteiger partial charge on any atom is -0.289 e. The number of ketones is 1. The van der Waals surface area contributed by atoms with Crippen LogP contribution in [-0.2, 0) is 0 Å². The number of alkyl halides is 1. The van der Waals surface area contributed by atoms with Crippen LogP contribution >= 0.6 is 11.3 Å². The van der Waals surface area contributed by atoms with Gasteiger partial charge in [-0.2, -0.15) is 0 Å². The number of fused-ring (bicyclic) bond motifs is 1. The van der Waals surface area contributed by atoms with Crippen molar-refractivity contribution in [3.8, 4) is 0 Å². The molecule has 0 amide bonds. The fourth-order valence-electron chi connectivity index (χ4n) is 1.05. The Balaban J connectivity index is 2.56. The van der Waals surface area contributed by atoms with E-state index in [9.17, 15) is 9.18 Å². The Kier molecular flexibility index (Phi) is 2.06. The van der Waals surface area contributed by atoms with Crippen LogP contribution < -0.4 is 0 Å². The lowest BCUT2D eigenvalue weighted by atomic mass is 10.3. The number of carbonyl (C=O) groups excluding carboxylic acids is 1. The molecule has 0 aliphatic rings. The molecule has 0 unspecified atom stereocenters. The van der Waals surface area contributed by atoms with Crippen LogP contribution in [0.5, 0.6) is 0 Å². The van der Waals surface area contributed by atoms with Gasteiger partial charge in [0.2, 0.25) is 5.78 Å². The second-order valence-corrected chi connectivity index (χ2v) is 3.57. The summed E-state index contributed by atoms with van der Waals surface area (Å²) in [5.74, 6) is -0.541. The third-order valence-corrected chi connectivity index (χ3v) is 2.73. The molecule has 0 radical (unpaired) electrons. The lowest BCUT2D eigenvalue weighted by Crippen LogP contribution is -1.98. The predicted octanol–water partition coefficient (Wildman–Crippen LogP) is 2.45. The molecule has 0 N–H and O–H groups in total. The number of hydrogen-bond donors (Lipinski definition) is 0. The molecule has 0 aliphatic carbocycles. The van der Waals surface area contributed by atoms with E-state index in [1.54, 1.807) is 6.07 Å². The van der Waals surface area contributed by atoms with E-state index in [0.717, 1.165) is 10.2 Å². The number of thiazole rings is 1. The van der Waals surface area contributed by atoms with Gasteiger partial charge in [0.15, 0.2) is 11.7 Å². The molecule has 0 saturated heterocycles. The zero-order valence-corrected chi connectivity index (χ0v) is 7.47. The summed E-state index contributed by atoms with van der Waals surface area (Å²) in [6, 6.07) is 7.37. The molecule has 0 spiro atoms. The minimum absolute atomic E-state index is 0.253. The van der Waals surface area contributed by atoms with Crippen molar-refractivity contribution in [2.75, 3.05) is 6.67 Å². The predicted molar refractivity (Wildman–Crippen MR) is 49.9 cm³/mol. The molecule has 0 bridgehead atoms. The highest BCUT2D eigenvalue weighted by Gasteiger charge is 2.10. The molecule has 0 aliphatic heterocycles. The Morgan fingerprint density at radius 3 is 2.92 bits per heavy atom. The van der Waals surface area contributed by atoms with E-state index in [4.69, 9.17) is 0 Å². The Bertz CT molecular complexity index is 419. The van der Waals surface area contributed by atoms with Crippen LogP contribution in [0, 0.1) is 0 Å². The highest BCUT2D eigenvalue weighted by Crippen LogP contribution is 2.21. The van der Waals surface area contributed by atoms with Crippen molar-refractivity contribution in [3.63, 3.8) is 0 Å². The van der Waals surface area contributed by atoms with Crippen molar-refractivity contribution in [3.05, 3.63) is 29.3 Å². The first kappa shape index (κ1) is 8.31. The SMILES string of the molecule is O=C(CF)c1nc2ccccc2s1. The van der Waals surface area contributed by atoms with Crippen molar-refractivity contribution < 1.29 is 9.18 Å². The smallest absolute Gasteiger partial charge is 0.222 e. The highest BCUT2D eigenvalue weighted by atomic mass is 32.1. The van der Waals surface area contributed by atoms with Crippen LogP contribution in [0.25, 0.3) is 10.2 Å². The van der Waals surface area contributed by atoms with Gasteiger partial charge in [0.05, 0.1) is 10.2 Å². The summed E-state index contributed by atoms with van der Waals surface area (Å²) in [6.45, 7) is -0.972. The first-order valence-electron chi connectivity index (χ1n) is 3.76. The lowest BCUT2D eigenvalue weighted by Gasteiger charge is -1.83. The van der Waals surface area contributed by atoms with Crippen LogP contribution in [0.4, 0.5) is 4.39 Å². The number of carbonyl (C=O) groups is 1. The molecule has 1 aromatic carbocycles. The normalized spacial score (nSPS) is 10.5. The van der Waals surface area contributed by atoms with Crippen molar-refractivity contribution in [1.82, 2.24) is 4.98 Å². The van der Waals surface area contributed by atoms with Gasteiger partial charge >= 0.3 is 0 Å². The first-order chi connectivity index (χ1) is 6.31. The average Bonchev–Trinajstić information content (AvgIpc) is 2.59. The van der Waals surface area contributed by atoms with Gasteiger partial charge in [-0.1, -0.05) is 12.1 Å². The van der Waals surface area contributed by atoms with Gasteiger partial charge in [-0.15, -0.1) is 11.3 Å². The third kappa shape index (κ3) is 1.45. The van der Waals surface area contributed by atoms with Crippen molar-refractivity contribution in [2.45, 2.75) is 0 Å². The van der Waals surface area contributed by atoms with Crippen molar-refractivity contribution in [2.24, 2.45) is 0 Å². The Hall–Kier alpha value is -1.29. The fraction of sp³-hybridized carbons (Fsp3) is 0.111. The second kappa shape index (κ2) is 3.22. The number of benzene rings is 1. The Labute approximate surface area is 78.0 Å². The maximum Gasteiger partial charge on any atom is 0.222 e. The number of nitrogens with zero attached hydrogens (tertiary/aromatic N) is 1.